The van der Waals surface area contributed by atoms with E-state index in [9.17, 15) is 19.7 Å². The van der Waals surface area contributed by atoms with Crippen LogP contribution in [0.15, 0.2) is 21.7 Å². The van der Waals surface area contributed by atoms with Crippen LogP contribution in [0.1, 0.15) is 13.8 Å². The fraction of sp³-hybridized carbons (Fsp3) is 0.400. The number of hydrogen-bond donors (Lipinski definition) is 2. The molecular formula is C10H13BrN4O4. The highest BCUT2D eigenvalue weighted by Crippen LogP contribution is 2.20. The number of nitrogens with one attached hydrogen (secondary N) is 1. The summed E-state index contributed by atoms with van der Waals surface area (Å²) in [6, 6.07) is 0. The number of hydrogen-bond acceptors (Lipinski definition) is 5. The van der Waals surface area contributed by atoms with Gasteiger partial charge in [0, 0.05) is 12.7 Å². The third-order valence-electron chi connectivity index (χ3n) is 2.54. The number of aromatic nitrogens is 1. The molecular weight excluding hydrogens is 320 g/mol. The molecule has 1 amide bonds. The molecule has 1 rings (SSSR count). The van der Waals surface area contributed by atoms with Crippen molar-refractivity contribution in [1.82, 2.24) is 9.99 Å². The quantitative estimate of drug-likeness (QED) is 0.360. The summed E-state index contributed by atoms with van der Waals surface area (Å²) in [6.45, 7) is 3.40. The van der Waals surface area contributed by atoms with Crippen LogP contribution in [0.2, 0.25) is 0 Å². The molecule has 1 heterocycles. The van der Waals surface area contributed by atoms with Crippen LogP contribution < -0.4 is 16.7 Å². The minimum Gasteiger partial charge on any atom is -0.346 e. The Morgan fingerprint density at radius 3 is 2.63 bits per heavy atom. The molecule has 8 nitrogen and oxygen atoms in total. The van der Waals surface area contributed by atoms with Crippen LogP contribution in [0.5, 0.6) is 0 Å². The van der Waals surface area contributed by atoms with Gasteiger partial charge in [-0.1, -0.05) is 0 Å². The number of rotatable bonds is 4. The standard InChI is InChI=1S/C10H13BrN4O4/c1-10(2,9(17)13-12)5-14-3-6(11)8(16)7(4-14)15(18)19/h3-4H,5,12H2,1-2H3,(H,13,17). The summed E-state index contributed by atoms with van der Waals surface area (Å²) in [7, 11) is 0. The Bertz CT molecular complexity index is 581. The summed E-state index contributed by atoms with van der Waals surface area (Å²) in [5.74, 6) is 4.66. The molecule has 0 saturated heterocycles. The van der Waals surface area contributed by atoms with Gasteiger partial charge in [-0.3, -0.25) is 25.1 Å². The first kappa shape index (κ1) is 15.3. The largest absolute Gasteiger partial charge is 0.346 e. The van der Waals surface area contributed by atoms with Crippen LogP contribution >= 0.6 is 15.9 Å². The number of carbonyl (C=O) groups is 1. The van der Waals surface area contributed by atoms with Gasteiger partial charge in [0.25, 0.3) is 5.43 Å². The Balaban J connectivity index is 3.20. The Kier molecular flexibility index (Phi) is 4.43. The Hall–Kier alpha value is -1.74. The van der Waals surface area contributed by atoms with E-state index >= 15 is 0 Å². The first-order valence-electron chi connectivity index (χ1n) is 5.24. The summed E-state index contributed by atoms with van der Waals surface area (Å²) < 4.78 is 1.46. The lowest BCUT2D eigenvalue weighted by Gasteiger charge is -2.23. The van der Waals surface area contributed by atoms with E-state index in [1.807, 2.05) is 5.43 Å². The van der Waals surface area contributed by atoms with Crippen molar-refractivity contribution in [3.8, 4) is 0 Å². The van der Waals surface area contributed by atoms with Gasteiger partial charge in [-0.05, 0) is 29.8 Å². The van der Waals surface area contributed by atoms with Crippen LogP contribution in [0.3, 0.4) is 0 Å². The molecule has 0 fully saturated rings. The minimum absolute atomic E-state index is 0.0608. The highest BCUT2D eigenvalue weighted by molar-refractivity contribution is 9.10. The topological polar surface area (TPSA) is 120 Å². The highest BCUT2D eigenvalue weighted by Gasteiger charge is 2.28. The number of pyridine rings is 1. The van der Waals surface area contributed by atoms with E-state index in [1.165, 1.54) is 10.8 Å². The van der Waals surface area contributed by atoms with Gasteiger partial charge in [-0.25, -0.2) is 5.84 Å². The molecule has 0 spiro atoms. The normalized spacial score (nSPS) is 11.2. The van der Waals surface area contributed by atoms with Crippen LogP contribution in [0.25, 0.3) is 0 Å². The molecule has 3 N–H and O–H groups in total. The number of halogens is 1. The second-order valence-electron chi connectivity index (χ2n) is 4.61. The molecule has 0 aliphatic rings. The second kappa shape index (κ2) is 5.49. The van der Waals surface area contributed by atoms with Gasteiger partial charge in [0.05, 0.1) is 21.0 Å². The Labute approximate surface area is 116 Å². The molecule has 104 valence electrons. The average molecular weight is 333 g/mol. The summed E-state index contributed by atoms with van der Waals surface area (Å²) in [6.07, 6.45) is 2.49. The van der Waals surface area contributed by atoms with Crippen molar-refractivity contribution in [2.45, 2.75) is 20.4 Å². The van der Waals surface area contributed by atoms with Gasteiger partial charge < -0.3 is 4.57 Å². The summed E-state index contributed by atoms with van der Waals surface area (Å²) in [5, 5.41) is 10.8. The zero-order valence-corrected chi connectivity index (χ0v) is 11.9. The third-order valence-corrected chi connectivity index (χ3v) is 3.10. The second-order valence-corrected chi connectivity index (χ2v) is 5.46. The van der Waals surface area contributed by atoms with Gasteiger partial charge in [0.2, 0.25) is 5.91 Å². The lowest BCUT2D eigenvalue weighted by atomic mass is 9.92. The molecule has 0 radical (unpaired) electrons. The van der Waals surface area contributed by atoms with Crippen molar-refractivity contribution in [1.29, 1.82) is 0 Å². The predicted octanol–water partition coefficient (Wildman–Crippen LogP) is 0.535. The highest BCUT2D eigenvalue weighted by atomic mass is 79.9. The van der Waals surface area contributed by atoms with Crippen LogP contribution in [-0.2, 0) is 11.3 Å². The third kappa shape index (κ3) is 3.38. The SMILES string of the molecule is CC(C)(Cn1cc(Br)c(=O)c([N+](=O)[O-])c1)C(=O)NN. The van der Waals surface area contributed by atoms with Gasteiger partial charge in [-0.2, -0.15) is 0 Å². The Morgan fingerprint density at radius 1 is 1.58 bits per heavy atom. The maximum absolute atomic E-state index is 11.6. The molecule has 0 atom stereocenters. The van der Waals surface area contributed by atoms with E-state index in [-0.39, 0.29) is 11.0 Å². The van der Waals surface area contributed by atoms with E-state index in [2.05, 4.69) is 15.9 Å². The summed E-state index contributed by atoms with van der Waals surface area (Å²) in [5.41, 5.74) is -0.112. The molecule has 0 unspecified atom stereocenters. The number of amides is 1. The molecule has 19 heavy (non-hydrogen) atoms. The fourth-order valence-electron chi connectivity index (χ4n) is 1.52. The van der Waals surface area contributed by atoms with Gasteiger partial charge in [0.1, 0.15) is 0 Å². The van der Waals surface area contributed by atoms with Crippen molar-refractivity contribution in [3.05, 3.63) is 37.2 Å². The zero-order chi connectivity index (χ0) is 14.8. The molecule has 0 aliphatic carbocycles. The summed E-state index contributed by atoms with van der Waals surface area (Å²) >= 11 is 2.96. The lowest BCUT2D eigenvalue weighted by molar-refractivity contribution is -0.386. The Morgan fingerprint density at radius 2 is 2.16 bits per heavy atom. The molecule has 1 aromatic heterocycles. The number of carbonyl (C=O) groups excluding carboxylic acids is 1. The first-order chi connectivity index (χ1) is 8.69. The van der Waals surface area contributed by atoms with Gasteiger partial charge >= 0.3 is 5.69 Å². The smallest absolute Gasteiger partial charge is 0.333 e. The first-order valence-corrected chi connectivity index (χ1v) is 6.03. The molecule has 0 bridgehead atoms. The molecule has 0 saturated carbocycles. The molecule has 9 heteroatoms. The fourth-order valence-corrected chi connectivity index (χ4v) is 1.99. The van der Waals surface area contributed by atoms with Crippen molar-refractivity contribution >= 4 is 27.5 Å². The van der Waals surface area contributed by atoms with Gasteiger partial charge in [-0.15, -0.1) is 0 Å². The van der Waals surface area contributed by atoms with Crippen molar-refractivity contribution in [2.75, 3.05) is 0 Å². The van der Waals surface area contributed by atoms with Crippen LogP contribution in [-0.4, -0.2) is 15.4 Å². The number of hydrazine groups is 1. The van der Waals surface area contributed by atoms with E-state index in [1.54, 1.807) is 13.8 Å². The lowest BCUT2D eigenvalue weighted by Crippen LogP contribution is -2.43. The van der Waals surface area contributed by atoms with Crippen LogP contribution in [0.4, 0.5) is 5.69 Å². The van der Waals surface area contributed by atoms with Crippen molar-refractivity contribution < 1.29 is 9.72 Å². The minimum atomic E-state index is -0.878. The van der Waals surface area contributed by atoms with Gasteiger partial charge in [0.15, 0.2) is 0 Å². The maximum atomic E-state index is 11.6. The average Bonchev–Trinajstić information content (AvgIpc) is 2.31. The molecule has 1 aromatic rings. The van der Waals surface area contributed by atoms with E-state index < -0.39 is 27.4 Å². The predicted molar refractivity (Wildman–Crippen MR) is 71.2 cm³/mol. The van der Waals surface area contributed by atoms with E-state index in [0.29, 0.717) is 0 Å². The number of nitrogens with zero attached hydrogens (tertiary/aromatic N) is 2. The number of nitrogens with two attached hydrogens (primary N) is 1. The molecule has 0 aromatic carbocycles. The van der Waals surface area contributed by atoms with Crippen molar-refractivity contribution in [2.24, 2.45) is 11.3 Å². The van der Waals surface area contributed by atoms with Crippen molar-refractivity contribution in [3.63, 3.8) is 0 Å². The summed E-state index contributed by atoms with van der Waals surface area (Å²) in [4.78, 5) is 33.1. The van der Waals surface area contributed by atoms with Crippen LogP contribution in [0, 0.1) is 15.5 Å². The van der Waals surface area contributed by atoms with E-state index in [4.69, 9.17) is 5.84 Å². The zero-order valence-electron chi connectivity index (χ0n) is 10.3. The monoisotopic (exact) mass is 332 g/mol. The van der Waals surface area contributed by atoms with E-state index in [0.717, 1.165) is 6.20 Å². The maximum Gasteiger partial charge on any atom is 0.333 e. The number of nitro groups is 1. The molecule has 0 aliphatic heterocycles.